The highest BCUT2D eigenvalue weighted by Crippen LogP contribution is 2.38. The van der Waals surface area contributed by atoms with E-state index in [2.05, 4.69) is 15.0 Å². The molecule has 134 valence electrons. The number of aromatic nitrogens is 3. The minimum absolute atomic E-state index is 0.0969. The minimum atomic E-state index is -0.991. The molecule has 1 aliphatic heterocycles. The van der Waals surface area contributed by atoms with Gasteiger partial charge in [0.15, 0.2) is 5.69 Å². The topological polar surface area (TPSA) is 80.5 Å². The van der Waals surface area contributed by atoms with Crippen LogP contribution in [0.3, 0.4) is 0 Å². The van der Waals surface area contributed by atoms with Crippen LogP contribution in [-0.2, 0) is 18.3 Å². The Morgan fingerprint density at radius 2 is 2.32 bits per heavy atom. The van der Waals surface area contributed by atoms with Crippen LogP contribution in [0, 0.1) is 0 Å². The van der Waals surface area contributed by atoms with Crippen molar-refractivity contribution < 1.29 is 14.6 Å². The van der Waals surface area contributed by atoms with E-state index in [1.807, 2.05) is 17.9 Å². The van der Waals surface area contributed by atoms with Gasteiger partial charge in [-0.15, -0.1) is 11.3 Å². The Kier molecular flexibility index (Phi) is 4.58. The number of aromatic carboxylic acids is 1. The molecule has 25 heavy (non-hydrogen) atoms. The van der Waals surface area contributed by atoms with Crippen LogP contribution >= 0.6 is 11.3 Å². The summed E-state index contributed by atoms with van der Waals surface area (Å²) in [5.74, 6) is -0.326. The second-order valence-corrected chi connectivity index (χ2v) is 7.66. The van der Waals surface area contributed by atoms with Gasteiger partial charge in [-0.1, -0.05) is 6.42 Å². The summed E-state index contributed by atoms with van der Waals surface area (Å²) in [7, 11) is 2.01. The molecule has 2 aliphatic rings. The average molecular weight is 362 g/mol. The number of thiazole rings is 1. The van der Waals surface area contributed by atoms with Crippen LogP contribution in [-0.4, -0.2) is 50.4 Å². The van der Waals surface area contributed by atoms with Gasteiger partial charge in [-0.2, -0.15) is 5.10 Å². The summed E-state index contributed by atoms with van der Waals surface area (Å²) in [6, 6.07) is 0. The molecule has 2 aromatic rings. The number of carbonyl (C=O) groups is 1. The molecule has 2 fully saturated rings. The first-order chi connectivity index (χ1) is 12.1. The van der Waals surface area contributed by atoms with Gasteiger partial charge in [0.1, 0.15) is 11.1 Å². The Bertz CT molecular complexity index is 768. The summed E-state index contributed by atoms with van der Waals surface area (Å²) in [6.07, 6.45) is 5.71. The van der Waals surface area contributed by atoms with Gasteiger partial charge in [-0.25, -0.2) is 9.78 Å². The minimum Gasteiger partial charge on any atom is -0.476 e. The molecule has 0 bridgehead atoms. The number of hydrogen-bond donors (Lipinski definition) is 1. The van der Waals surface area contributed by atoms with Crippen molar-refractivity contribution in [2.45, 2.75) is 37.8 Å². The molecule has 1 saturated carbocycles. The number of nitrogens with zero attached hydrogens (tertiary/aromatic N) is 4. The molecule has 7 nitrogen and oxygen atoms in total. The van der Waals surface area contributed by atoms with E-state index >= 15 is 0 Å². The summed E-state index contributed by atoms with van der Waals surface area (Å²) in [5.41, 5.74) is 2.77. The molecule has 2 aromatic heterocycles. The third kappa shape index (κ3) is 3.33. The maximum atomic E-state index is 11.0. The van der Waals surface area contributed by atoms with Gasteiger partial charge in [0.25, 0.3) is 0 Å². The molecule has 1 atom stereocenters. The second kappa shape index (κ2) is 6.86. The van der Waals surface area contributed by atoms with E-state index in [1.165, 1.54) is 41.9 Å². The number of hydrogen-bond acceptors (Lipinski definition) is 6. The van der Waals surface area contributed by atoms with E-state index in [-0.39, 0.29) is 11.8 Å². The van der Waals surface area contributed by atoms with Crippen molar-refractivity contribution in [3.05, 3.63) is 33.5 Å². The monoisotopic (exact) mass is 362 g/mol. The lowest BCUT2D eigenvalue weighted by molar-refractivity contribution is -0.0338. The van der Waals surface area contributed by atoms with Crippen LogP contribution in [0.25, 0.3) is 0 Å². The van der Waals surface area contributed by atoms with E-state index in [0.29, 0.717) is 12.5 Å². The van der Waals surface area contributed by atoms with Crippen molar-refractivity contribution in [3.8, 4) is 0 Å². The molecule has 1 unspecified atom stereocenters. The van der Waals surface area contributed by atoms with Gasteiger partial charge in [0.2, 0.25) is 0 Å². The van der Waals surface area contributed by atoms with Gasteiger partial charge in [-0.3, -0.25) is 9.58 Å². The predicted octanol–water partition coefficient (Wildman–Crippen LogP) is 2.42. The number of carboxylic acid groups (broad SMARTS) is 1. The quantitative estimate of drug-likeness (QED) is 0.880. The number of morpholine rings is 1. The number of aryl methyl sites for hydroxylation is 1. The van der Waals surface area contributed by atoms with Crippen LogP contribution in [0.1, 0.15) is 58.0 Å². The number of ether oxygens (including phenoxy) is 1. The molecule has 1 saturated heterocycles. The molecule has 1 N–H and O–H groups in total. The average Bonchev–Trinajstić information content (AvgIpc) is 3.16. The van der Waals surface area contributed by atoms with Gasteiger partial charge in [0, 0.05) is 32.1 Å². The number of rotatable bonds is 5. The highest BCUT2D eigenvalue weighted by atomic mass is 32.1. The Hall–Kier alpha value is -1.77. The molecule has 0 aromatic carbocycles. The molecular formula is C17H22N4O3S. The summed E-state index contributed by atoms with van der Waals surface area (Å²) in [6.45, 7) is 3.06. The van der Waals surface area contributed by atoms with Crippen molar-refractivity contribution >= 4 is 17.3 Å². The van der Waals surface area contributed by atoms with E-state index in [4.69, 9.17) is 9.84 Å². The zero-order valence-electron chi connectivity index (χ0n) is 14.2. The molecule has 3 heterocycles. The van der Waals surface area contributed by atoms with Crippen LogP contribution in [0.15, 0.2) is 11.6 Å². The van der Waals surface area contributed by atoms with Crippen LogP contribution in [0.4, 0.5) is 0 Å². The lowest BCUT2D eigenvalue weighted by Gasteiger charge is -2.33. The fourth-order valence-corrected chi connectivity index (χ4v) is 4.31. The third-order valence-corrected chi connectivity index (χ3v) is 6.12. The summed E-state index contributed by atoms with van der Waals surface area (Å²) < 4.78 is 7.83. The smallest absolute Gasteiger partial charge is 0.355 e. The first-order valence-corrected chi connectivity index (χ1v) is 9.53. The van der Waals surface area contributed by atoms with Gasteiger partial charge in [-0.05, 0) is 24.3 Å². The molecule has 0 radical (unpaired) electrons. The fraction of sp³-hybridized carbons (Fsp3) is 0.588. The zero-order chi connectivity index (χ0) is 17.4. The van der Waals surface area contributed by atoms with Crippen molar-refractivity contribution in [1.82, 2.24) is 19.7 Å². The Labute approximate surface area is 150 Å². The molecular weight excluding hydrogens is 340 g/mol. The zero-order valence-corrected chi connectivity index (χ0v) is 15.0. The van der Waals surface area contributed by atoms with E-state index in [9.17, 15) is 4.79 Å². The molecule has 8 heteroatoms. The second-order valence-electron chi connectivity index (χ2n) is 6.77. The Morgan fingerprint density at radius 1 is 1.48 bits per heavy atom. The lowest BCUT2D eigenvalue weighted by atomic mass is 9.80. The maximum absolute atomic E-state index is 11.0. The fourth-order valence-electron chi connectivity index (χ4n) is 3.47. The van der Waals surface area contributed by atoms with E-state index < -0.39 is 5.97 Å². The van der Waals surface area contributed by atoms with Crippen LogP contribution < -0.4 is 0 Å². The van der Waals surface area contributed by atoms with Crippen molar-refractivity contribution in [3.63, 3.8) is 0 Å². The van der Waals surface area contributed by atoms with E-state index in [0.717, 1.165) is 24.6 Å². The van der Waals surface area contributed by atoms with Crippen molar-refractivity contribution in [1.29, 1.82) is 0 Å². The summed E-state index contributed by atoms with van der Waals surface area (Å²) in [5, 5.41) is 15.8. The van der Waals surface area contributed by atoms with Gasteiger partial charge >= 0.3 is 5.97 Å². The van der Waals surface area contributed by atoms with Crippen LogP contribution in [0.2, 0.25) is 0 Å². The lowest BCUT2D eigenvalue weighted by Crippen LogP contribution is -2.38. The SMILES string of the molecule is Cn1ncc(C2CCC2)c1CN1CCOC(c2nc(C(=O)O)cs2)C1. The number of carboxylic acids is 1. The molecule has 0 amide bonds. The highest BCUT2D eigenvalue weighted by Gasteiger charge is 2.29. The van der Waals surface area contributed by atoms with E-state index in [1.54, 1.807) is 5.38 Å². The Morgan fingerprint density at radius 3 is 3.00 bits per heavy atom. The normalized spacial score (nSPS) is 22.0. The third-order valence-electron chi connectivity index (χ3n) is 5.18. The maximum Gasteiger partial charge on any atom is 0.355 e. The first kappa shape index (κ1) is 16.7. The molecule has 0 spiro atoms. The van der Waals surface area contributed by atoms with Gasteiger partial charge < -0.3 is 9.84 Å². The molecule has 4 rings (SSSR count). The predicted molar refractivity (Wildman–Crippen MR) is 92.8 cm³/mol. The summed E-state index contributed by atoms with van der Waals surface area (Å²) in [4.78, 5) is 17.6. The van der Waals surface area contributed by atoms with Crippen molar-refractivity contribution in [2.24, 2.45) is 7.05 Å². The van der Waals surface area contributed by atoms with Gasteiger partial charge in [0.05, 0.1) is 18.5 Å². The first-order valence-electron chi connectivity index (χ1n) is 8.65. The highest BCUT2D eigenvalue weighted by molar-refractivity contribution is 7.09. The van der Waals surface area contributed by atoms with Crippen molar-refractivity contribution in [2.75, 3.05) is 19.7 Å². The van der Waals surface area contributed by atoms with Crippen LogP contribution in [0.5, 0.6) is 0 Å². The molecule has 1 aliphatic carbocycles. The Balaban J connectivity index is 1.46. The largest absolute Gasteiger partial charge is 0.476 e. The standard InChI is InChI=1S/C17H22N4O3S/c1-20-14(12(7-18-20)11-3-2-4-11)8-21-5-6-24-15(9-21)16-19-13(10-25-16)17(22)23/h7,10-11,15H,2-6,8-9H2,1H3,(H,22,23). The summed E-state index contributed by atoms with van der Waals surface area (Å²) >= 11 is 1.36.